The minimum absolute atomic E-state index is 0.0185. The molecular formula is C25H17BrIN3O7. The number of amides is 4. The highest BCUT2D eigenvalue weighted by Gasteiger charge is 2.36. The lowest BCUT2D eigenvalue weighted by Gasteiger charge is -2.26. The number of nitrogens with one attached hydrogen (secondary N) is 1. The predicted molar refractivity (Wildman–Crippen MR) is 146 cm³/mol. The number of anilines is 1. The number of urea groups is 1. The number of benzene rings is 3. The van der Waals surface area contributed by atoms with Crippen molar-refractivity contribution in [3.63, 3.8) is 0 Å². The quantitative estimate of drug-likeness (QED) is 0.119. The molecule has 3 aromatic rings. The van der Waals surface area contributed by atoms with Crippen molar-refractivity contribution in [1.29, 1.82) is 0 Å². The van der Waals surface area contributed by atoms with Gasteiger partial charge in [0.25, 0.3) is 17.5 Å². The molecule has 1 aliphatic heterocycles. The Kier molecular flexibility index (Phi) is 7.88. The van der Waals surface area contributed by atoms with Crippen LogP contribution in [0.1, 0.15) is 11.1 Å². The number of imide groups is 2. The summed E-state index contributed by atoms with van der Waals surface area (Å²) in [6, 6.07) is 15.0. The van der Waals surface area contributed by atoms with Crippen molar-refractivity contribution in [3.8, 4) is 11.5 Å². The van der Waals surface area contributed by atoms with Gasteiger partial charge in [0.1, 0.15) is 12.2 Å². The van der Waals surface area contributed by atoms with E-state index in [-0.39, 0.29) is 17.9 Å². The molecule has 0 saturated carbocycles. The van der Waals surface area contributed by atoms with Crippen LogP contribution in [0.3, 0.4) is 0 Å². The molecule has 3 aromatic carbocycles. The van der Waals surface area contributed by atoms with E-state index in [0.717, 1.165) is 14.9 Å². The molecule has 1 N–H and O–H groups in total. The zero-order valence-corrected chi connectivity index (χ0v) is 22.8. The van der Waals surface area contributed by atoms with Crippen molar-refractivity contribution in [1.82, 2.24) is 5.32 Å². The van der Waals surface area contributed by atoms with Gasteiger partial charge in [-0.25, -0.2) is 9.69 Å². The van der Waals surface area contributed by atoms with Gasteiger partial charge in [0, 0.05) is 16.6 Å². The largest absolute Gasteiger partial charge is 0.493 e. The molecule has 1 aliphatic rings. The summed E-state index contributed by atoms with van der Waals surface area (Å²) in [5.41, 5.74) is 1.27. The van der Waals surface area contributed by atoms with E-state index in [1.807, 2.05) is 22.6 Å². The highest BCUT2D eigenvalue weighted by Crippen LogP contribution is 2.35. The van der Waals surface area contributed by atoms with Crippen molar-refractivity contribution in [2.45, 2.75) is 6.61 Å². The van der Waals surface area contributed by atoms with Gasteiger partial charge in [0.05, 0.1) is 21.3 Å². The number of non-ortho nitro benzene ring substituents is 1. The van der Waals surface area contributed by atoms with E-state index in [4.69, 9.17) is 9.47 Å². The molecule has 0 aliphatic carbocycles. The van der Waals surface area contributed by atoms with Crippen LogP contribution in [0.5, 0.6) is 11.5 Å². The van der Waals surface area contributed by atoms with Gasteiger partial charge in [0.2, 0.25) is 0 Å². The van der Waals surface area contributed by atoms with Crippen molar-refractivity contribution < 1.29 is 28.8 Å². The first kappa shape index (κ1) is 26.3. The molecule has 0 radical (unpaired) electrons. The van der Waals surface area contributed by atoms with Crippen LogP contribution in [0.25, 0.3) is 6.08 Å². The highest BCUT2D eigenvalue weighted by molar-refractivity contribution is 14.1. The molecule has 12 heteroatoms. The Morgan fingerprint density at radius 3 is 2.38 bits per heavy atom. The second-order valence-corrected chi connectivity index (χ2v) is 9.76. The summed E-state index contributed by atoms with van der Waals surface area (Å²) in [5, 5.41) is 13.0. The van der Waals surface area contributed by atoms with E-state index >= 15 is 0 Å². The summed E-state index contributed by atoms with van der Waals surface area (Å²) in [7, 11) is 1.45. The number of carbonyl (C=O) groups excluding carboxylic acids is 3. The van der Waals surface area contributed by atoms with Crippen LogP contribution in [0.4, 0.5) is 16.2 Å². The van der Waals surface area contributed by atoms with Gasteiger partial charge in [-0.05, 0) is 88.3 Å². The maximum atomic E-state index is 13.1. The van der Waals surface area contributed by atoms with Crippen LogP contribution in [0.15, 0.2) is 70.7 Å². The van der Waals surface area contributed by atoms with Crippen LogP contribution >= 0.6 is 38.5 Å². The number of nitro benzene ring substituents is 1. The standard InChI is InChI=1S/C25H17BrIN3O7/c1-36-21-12-15(11-20(27)22(21)37-13-14-2-6-18(7-3-14)30(34)35)10-19-23(31)28-25(33)29(24(19)32)17-8-4-16(26)5-9-17/h2-12H,13H2,1H3,(H,28,31,33)/b19-10+. The molecule has 0 atom stereocenters. The monoisotopic (exact) mass is 677 g/mol. The Bertz CT molecular complexity index is 1440. The van der Waals surface area contributed by atoms with Crippen LogP contribution in [-0.2, 0) is 16.2 Å². The Balaban J connectivity index is 1.60. The van der Waals surface area contributed by atoms with Crippen LogP contribution in [-0.4, -0.2) is 29.9 Å². The number of carbonyl (C=O) groups is 3. The summed E-state index contributed by atoms with van der Waals surface area (Å²) >= 11 is 5.35. The first-order valence-corrected chi connectivity index (χ1v) is 12.5. The van der Waals surface area contributed by atoms with E-state index in [1.165, 1.54) is 25.3 Å². The molecule has 0 bridgehead atoms. The molecule has 4 amide bonds. The molecule has 10 nitrogen and oxygen atoms in total. The number of hydrogen-bond acceptors (Lipinski definition) is 7. The van der Waals surface area contributed by atoms with Gasteiger partial charge < -0.3 is 9.47 Å². The van der Waals surface area contributed by atoms with E-state index in [0.29, 0.717) is 26.3 Å². The molecule has 4 rings (SSSR count). The first-order valence-electron chi connectivity index (χ1n) is 10.6. The number of nitro groups is 1. The number of halogens is 2. The molecular weight excluding hydrogens is 661 g/mol. The molecule has 0 unspecified atom stereocenters. The van der Waals surface area contributed by atoms with Gasteiger partial charge in [-0.3, -0.25) is 25.0 Å². The van der Waals surface area contributed by atoms with Gasteiger partial charge in [-0.1, -0.05) is 15.9 Å². The summed E-state index contributed by atoms with van der Waals surface area (Å²) in [5.74, 6) is -0.792. The van der Waals surface area contributed by atoms with Crippen molar-refractivity contribution in [3.05, 3.63) is 95.5 Å². The smallest absolute Gasteiger partial charge is 0.335 e. The van der Waals surface area contributed by atoms with Crippen LogP contribution in [0.2, 0.25) is 0 Å². The van der Waals surface area contributed by atoms with Gasteiger partial charge in [0.15, 0.2) is 11.5 Å². The van der Waals surface area contributed by atoms with E-state index < -0.39 is 22.8 Å². The van der Waals surface area contributed by atoms with E-state index in [9.17, 15) is 24.5 Å². The number of barbiturate groups is 1. The van der Waals surface area contributed by atoms with Crippen molar-refractivity contribution >= 4 is 73.8 Å². The van der Waals surface area contributed by atoms with Crippen LogP contribution in [0, 0.1) is 13.7 Å². The summed E-state index contributed by atoms with van der Waals surface area (Å²) in [6.45, 7) is 0.135. The average Bonchev–Trinajstić information content (AvgIpc) is 2.87. The van der Waals surface area contributed by atoms with Crippen molar-refractivity contribution in [2.75, 3.05) is 12.0 Å². The SMILES string of the molecule is COc1cc(/C=C2\C(=O)NC(=O)N(c3ccc(Br)cc3)C2=O)cc(I)c1OCc1ccc([N+](=O)[O-])cc1. The summed E-state index contributed by atoms with van der Waals surface area (Å²) in [4.78, 5) is 49.3. The fraction of sp³-hybridized carbons (Fsp3) is 0.0800. The molecule has 1 heterocycles. The lowest BCUT2D eigenvalue weighted by Crippen LogP contribution is -2.54. The minimum atomic E-state index is -0.836. The fourth-order valence-corrected chi connectivity index (χ4v) is 4.53. The maximum Gasteiger partial charge on any atom is 0.335 e. The van der Waals surface area contributed by atoms with E-state index in [1.54, 1.807) is 48.5 Å². The third-order valence-electron chi connectivity index (χ3n) is 5.28. The lowest BCUT2D eigenvalue weighted by atomic mass is 10.1. The van der Waals surface area contributed by atoms with Gasteiger partial charge in [-0.15, -0.1) is 0 Å². The number of methoxy groups -OCH3 is 1. The van der Waals surface area contributed by atoms with E-state index in [2.05, 4.69) is 21.2 Å². The molecule has 1 saturated heterocycles. The Hall–Kier alpha value is -3.78. The third kappa shape index (κ3) is 5.80. The highest BCUT2D eigenvalue weighted by atomic mass is 127. The second-order valence-electron chi connectivity index (χ2n) is 7.68. The van der Waals surface area contributed by atoms with Gasteiger partial charge >= 0.3 is 6.03 Å². The van der Waals surface area contributed by atoms with Gasteiger partial charge in [-0.2, -0.15) is 0 Å². The summed E-state index contributed by atoms with van der Waals surface area (Å²) < 4.78 is 12.8. The zero-order valence-electron chi connectivity index (χ0n) is 19.1. The molecule has 37 heavy (non-hydrogen) atoms. The zero-order chi connectivity index (χ0) is 26.7. The molecule has 188 valence electrons. The molecule has 1 fully saturated rings. The second kappa shape index (κ2) is 11.1. The topological polar surface area (TPSA) is 128 Å². The minimum Gasteiger partial charge on any atom is -0.493 e. The van der Waals surface area contributed by atoms with Crippen molar-refractivity contribution in [2.24, 2.45) is 0 Å². The molecule has 0 spiro atoms. The third-order valence-corrected chi connectivity index (χ3v) is 6.61. The number of hydrogen-bond donors (Lipinski definition) is 1. The van der Waals surface area contributed by atoms with Crippen LogP contribution < -0.4 is 19.7 Å². The Morgan fingerprint density at radius 2 is 1.76 bits per heavy atom. The molecule has 0 aromatic heterocycles. The number of rotatable bonds is 7. The summed E-state index contributed by atoms with van der Waals surface area (Å²) in [6.07, 6.45) is 1.38. The number of ether oxygens (including phenoxy) is 2. The maximum absolute atomic E-state index is 13.1. The first-order chi connectivity index (χ1) is 17.7. The average molecular weight is 678 g/mol. The normalized spacial score (nSPS) is 14.5. The fourth-order valence-electron chi connectivity index (χ4n) is 3.48. The Labute approximate surface area is 232 Å². The number of nitrogens with zero attached hydrogens (tertiary/aromatic N) is 2. The predicted octanol–water partition coefficient (Wildman–Crippen LogP) is 5.22. The Morgan fingerprint density at radius 1 is 1.08 bits per heavy atom. The lowest BCUT2D eigenvalue weighted by molar-refractivity contribution is -0.384.